The Balaban J connectivity index is 1.50. The number of carbonyl (C=O) groups excluding carboxylic acids is 1. The van der Waals surface area contributed by atoms with Gasteiger partial charge in [0.2, 0.25) is 0 Å². The summed E-state index contributed by atoms with van der Waals surface area (Å²) in [5.41, 5.74) is 2.72. The molecule has 0 radical (unpaired) electrons. The predicted molar refractivity (Wildman–Crippen MR) is 94.7 cm³/mol. The molecular weight excluding hydrogens is 320 g/mol. The van der Waals surface area contributed by atoms with E-state index >= 15 is 0 Å². The van der Waals surface area contributed by atoms with Crippen LogP contribution in [-0.2, 0) is 6.54 Å². The number of rotatable bonds is 5. The molecule has 0 saturated carbocycles. The molecule has 2 aromatic rings. The van der Waals surface area contributed by atoms with Gasteiger partial charge in [0.15, 0.2) is 0 Å². The molecule has 2 heterocycles. The number of nitrogens with zero attached hydrogens (tertiary/aromatic N) is 3. The highest BCUT2D eigenvalue weighted by Gasteiger charge is 2.21. The van der Waals surface area contributed by atoms with Crippen molar-refractivity contribution in [1.29, 1.82) is 0 Å². The molecule has 25 heavy (non-hydrogen) atoms. The summed E-state index contributed by atoms with van der Waals surface area (Å²) in [6.07, 6.45) is 1.58. The lowest BCUT2D eigenvalue weighted by molar-refractivity contribution is 0.141. The summed E-state index contributed by atoms with van der Waals surface area (Å²) in [6, 6.07) is 7.50. The normalized spacial score (nSPS) is 15.2. The van der Waals surface area contributed by atoms with E-state index in [-0.39, 0.29) is 6.03 Å². The van der Waals surface area contributed by atoms with E-state index in [1.807, 2.05) is 43.0 Å². The van der Waals surface area contributed by atoms with E-state index in [0.29, 0.717) is 19.7 Å². The number of piperazine rings is 1. The zero-order valence-corrected chi connectivity index (χ0v) is 14.7. The van der Waals surface area contributed by atoms with Crippen molar-refractivity contribution < 1.29 is 14.1 Å². The third-order valence-electron chi connectivity index (χ3n) is 4.26. The van der Waals surface area contributed by atoms with Gasteiger partial charge < -0.3 is 19.5 Å². The largest absolute Gasteiger partial charge is 0.494 e. The third-order valence-corrected chi connectivity index (χ3v) is 4.26. The number of hydrogen-bond donors (Lipinski definition) is 1. The molecule has 1 aromatic heterocycles. The highest BCUT2D eigenvalue weighted by molar-refractivity contribution is 5.89. The lowest BCUT2D eigenvalue weighted by Gasteiger charge is -2.34. The first-order valence-electron chi connectivity index (χ1n) is 8.56. The van der Waals surface area contributed by atoms with Crippen molar-refractivity contribution in [3.05, 3.63) is 41.8 Å². The molecule has 3 rings (SSSR count). The van der Waals surface area contributed by atoms with Gasteiger partial charge in [0.05, 0.1) is 12.3 Å². The maximum absolute atomic E-state index is 12.5. The molecule has 1 aliphatic rings. The molecule has 0 spiro atoms. The number of ether oxygens (including phenoxy) is 1. The number of anilines is 1. The molecule has 0 unspecified atom stereocenters. The summed E-state index contributed by atoms with van der Waals surface area (Å²) >= 11 is 0. The van der Waals surface area contributed by atoms with Gasteiger partial charge in [0.25, 0.3) is 0 Å². The molecule has 134 valence electrons. The smallest absolute Gasteiger partial charge is 0.321 e. The molecule has 1 N–H and O–H groups in total. The first kappa shape index (κ1) is 17.3. The maximum atomic E-state index is 12.5. The monoisotopic (exact) mass is 344 g/mol. The fourth-order valence-electron chi connectivity index (χ4n) is 2.90. The Morgan fingerprint density at radius 2 is 2.08 bits per heavy atom. The van der Waals surface area contributed by atoms with Crippen LogP contribution in [0.2, 0.25) is 0 Å². The summed E-state index contributed by atoms with van der Waals surface area (Å²) in [6.45, 7) is 8.35. The Bertz CT molecular complexity index is 694. The van der Waals surface area contributed by atoms with Gasteiger partial charge in [-0.1, -0.05) is 5.16 Å². The van der Waals surface area contributed by atoms with Gasteiger partial charge in [-0.2, -0.15) is 0 Å². The molecule has 1 fully saturated rings. The lowest BCUT2D eigenvalue weighted by atomic mass is 10.2. The van der Waals surface area contributed by atoms with Crippen LogP contribution in [0, 0.1) is 6.92 Å². The van der Waals surface area contributed by atoms with E-state index in [1.54, 1.807) is 6.26 Å². The molecule has 2 amide bonds. The molecule has 0 atom stereocenters. The zero-order chi connectivity index (χ0) is 17.6. The lowest BCUT2D eigenvalue weighted by Crippen LogP contribution is -2.49. The van der Waals surface area contributed by atoms with Crippen LogP contribution in [0.25, 0.3) is 0 Å². The summed E-state index contributed by atoms with van der Waals surface area (Å²) in [5.74, 6) is 0.849. The van der Waals surface area contributed by atoms with E-state index in [9.17, 15) is 4.79 Å². The number of carbonyl (C=O) groups is 1. The summed E-state index contributed by atoms with van der Waals surface area (Å²) in [5, 5.41) is 6.90. The second kappa shape index (κ2) is 8.02. The molecule has 1 aliphatic heterocycles. The van der Waals surface area contributed by atoms with Crippen LogP contribution in [0.15, 0.2) is 35.1 Å². The van der Waals surface area contributed by atoms with E-state index in [0.717, 1.165) is 42.3 Å². The van der Waals surface area contributed by atoms with Gasteiger partial charge in [-0.05, 0) is 37.6 Å². The summed E-state index contributed by atoms with van der Waals surface area (Å²) in [4.78, 5) is 16.6. The van der Waals surface area contributed by atoms with Crippen LogP contribution in [0.3, 0.4) is 0 Å². The second-order valence-electron chi connectivity index (χ2n) is 6.10. The van der Waals surface area contributed by atoms with Crippen molar-refractivity contribution in [3.8, 4) is 5.75 Å². The first-order chi connectivity index (χ1) is 12.2. The third kappa shape index (κ3) is 4.51. The van der Waals surface area contributed by atoms with E-state index in [1.165, 1.54) is 0 Å². The molecule has 7 heteroatoms. The van der Waals surface area contributed by atoms with Gasteiger partial charge in [-0.25, -0.2) is 4.79 Å². The second-order valence-corrected chi connectivity index (χ2v) is 6.10. The minimum atomic E-state index is -0.0651. The van der Waals surface area contributed by atoms with Crippen molar-refractivity contribution in [2.24, 2.45) is 0 Å². The van der Waals surface area contributed by atoms with Crippen LogP contribution in [0.5, 0.6) is 5.75 Å². The Morgan fingerprint density at radius 3 is 2.72 bits per heavy atom. The topological polar surface area (TPSA) is 70.8 Å². The number of amides is 2. The average molecular weight is 344 g/mol. The number of hydrogen-bond acceptors (Lipinski definition) is 5. The van der Waals surface area contributed by atoms with Crippen molar-refractivity contribution in [2.45, 2.75) is 20.4 Å². The summed E-state index contributed by atoms with van der Waals surface area (Å²) < 4.78 is 10.4. The minimum Gasteiger partial charge on any atom is -0.494 e. The number of nitrogens with one attached hydrogen (secondary N) is 1. The van der Waals surface area contributed by atoms with Gasteiger partial charge >= 0.3 is 6.03 Å². The van der Waals surface area contributed by atoms with Gasteiger partial charge in [0, 0.05) is 44.5 Å². The van der Waals surface area contributed by atoms with Gasteiger partial charge in [-0.15, -0.1) is 0 Å². The fraction of sp³-hybridized carbons (Fsp3) is 0.444. The molecule has 7 nitrogen and oxygen atoms in total. The first-order valence-corrected chi connectivity index (χ1v) is 8.56. The number of aryl methyl sites for hydroxylation is 1. The predicted octanol–water partition coefficient (Wildman–Crippen LogP) is 2.73. The highest BCUT2D eigenvalue weighted by atomic mass is 16.5. The molecule has 0 aliphatic carbocycles. The van der Waals surface area contributed by atoms with Gasteiger partial charge in [-0.3, -0.25) is 4.90 Å². The molecule has 1 saturated heterocycles. The minimum absolute atomic E-state index is 0.0651. The van der Waals surface area contributed by atoms with Crippen LogP contribution in [0.1, 0.15) is 18.2 Å². The molecule has 0 bridgehead atoms. The maximum Gasteiger partial charge on any atom is 0.321 e. The Morgan fingerprint density at radius 1 is 1.28 bits per heavy atom. The SMILES string of the molecule is CCOc1ccc(NC(=O)N2CCN(Cc3ccon3)CC2)cc1C. The quantitative estimate of drug-likeness (QED) is 0.903. The Hall–Kier alpha value is -2.54. The Kier molecular flexibility index (Phi) is 5.55. The fourth-order valence-corrected chi connectivity index (χ4v) is 2.90. The average Bonchev–Trinajstić information content (AvgIpc) is 3.11. The number of urea groups is 1. The van der Waals surface area contributed by atoms with Gasteiger partial charge in [0.1, 0.15) is 12.0 Å². The van der Waals surface area contributed by atoms with E-state index in [4.69, 9.17) is 9.26 Å². The zero-order valence-electron chi connectivity index (χ0n) is 14.7. The standard InChI is InChI=1S/C18H24N4O3/c1-3-24-17-5-4-15(12-14(17)2)19-18(23)22-9-7-21(8-10-22)13-16-6-11-25-20-16/h4-6,11-12H,3,7-10,13H2,1-2H3,(H,19,23). The van der Waals surface area contributed by atoms with Crippen LogP contribution in [0.4, 0.5) is 10.5 Å². The van der Waals surface area contributed by atoms with Crippen LogP contribution < -0.4 is 10.1 Å². The molecular formula is C18H24N4O3. The summed E-state index contributed by atoms with van der Waals surface area (Å²) in [7, 11) is 0. The number of aromatic nitrogens is 1. The van der Waals surface area contributed by atoms with Crippen molar-refractivity contribution in [1.82, 2.24) is 15.0 Å². The van der Waals surface area contributed by atoms with Crippen molar-refractivity contribution >= 4 is 11.7 Å². The van der Waals surface area contributed by atoms with Crippen LogP contribution in [-0.4, -0.2) is 53.8 Å². The highest BCUT2D eigenvalue weighted by Crippen LogP contribution is 2.22. The molecule has 1 aromatic carbocycles. The van der Waals surface area contributed by atoms with E-state index in [2.05, 4.69) is 15.4 Å². The Labute approximate surface area is 147 Å². The van der Waals surface area contributed by atoms with E-state index < -0.39 is 0 Å². The van der Waals surface area contributed by atoms with Crippen molar-refractivity contribution in [3.63, 3.8) is 0 Å². The number of benzene rings is 1. The van der Waals surface area contributed by atoms with Crippen LogP contribution >= 0.6 is 0 Å². The van der Waals surface area contributed by atoms with Crippen molar-refractivity contribution in [2.75, 3.05) is 38.1 Å².